The highest BCUT2D eigenvalue weighted by Gasteiger charge is 2.08. The standard InChI is InChI=1S/C10H18N2O2/c1-7(2)8(10(12)14)5-3-4-6-9(11)13/h5,7H,3-4,6H2,1-2H3,(H2,11,13)(H2,12,14). The minimum absolute atomic E-state index is 0.126. The molecule has 0 aliphatic heterocycles. The van der Waals surface area contributed by atoms with Crippen molar-refractivity contribution in [1.29, 1.82) is 0 Å². The Kier molecular flexibility index (Phi) is 5.60. The van der Waals surface area contributed by atoms with Crippen LogP contribution < -0.4 is 11.5 Å². The van der Waals surface area contributed by atoms with Gasteiger partial charge < -0.3 is 11.5 Å². The Labute approximate surface area is 84.3 Å². The van der Waals surface area contributed by atoms with Gasteiger partial charge in [0.15, 0.2) is 0 Å². The molecule has 0 aliphatic rings. The molecule has 0 aliphatic carbocycles. The molecule has 0 saturated heterocycles. The van der Waals surface area contributed by atoms with E-state index in [1.807, 2.05) is 13.8 Å². The molecule has 0 aromatic rings. The van der Waals surface area contributed by atoms with Crippen molar-refractivity contribution in [2.45, 2.75) is 33.1 Å². The number of amides is 2. The first kappa shape index (κ1) is 12.7. The highest BCUT2D eigenvalue weighted by molar-refractivity contribution is 5.92. The van der Waals surface area contributed by atoms with Gasteiger partial charge in [-0.2, -0.15) is 0 Å². The van der Waals surface area contributed by atoms with Crippen LogP contribution in [0.15, 0.2) is 11.6 Å². The van der Waals surface area contributed by atoms with E-state index in [4.69, 9.17) is 11.5 Å². The average molecular weight is 198 g/mol. The Hall–Kier alpha value is -1.32. The summed E-state index contributed by atoms with van der Waals surface area (Å²) in [6, 6.07) is 0. The normalized spacial score (nSPS) is 11.8. The zero-order valence-corrected chi connectivity index (χ0v) is 8.75. The summed E-state index contributed by atoms with van der Waals surface area (Å²) in [6.07, 6.45) is 3.47. The first-order valence-electron chi connectivity index (χ1n) is 4.73. The third kappa shape index (κ3) is 5.35. The van der Waals surface area contributed by atoms with Gasteiger partial charge in [-0.25, -0.2) is 0 Å². The van der Waals surface area contributed by atoms with Gasteiger partial charge in [0.2, 0.25) is 11.8 Å². The van der Waals surface area contributed by atoms with Gasteiger partial charge in [-0.3, -0.25) is 9.59 Å². The van der Waals surface area contributed by atoms with Crippen LogP contribution in [0.3, 0.4) is 0 Å². The Morgan fingerprint density at radius 2 is 1.86 bits per heavy atom. The van der Waals surface area contributed by atoms with E-state index in [0.29, 0.717) is 24.8 Å². The van der Waals surface area contributed by atoms with Gasteiger partial charge in [-0.05, 0) is 18.8 Å². The van der Waals surface area contributed by atoms with Crippen LogP contribution in [0.5, 0.6) is 0 Å². The maximum absolute atomic E-state index is 10.9. The molecule has 4 heteroatoms. The second kappa shape index (κ2) is 6.18. The summed E-state index contributed by atoms with van der Waals surface area (Å²) < 4.78 is 0. The van der Waals surface area contributed by atoms with E-state index in [2.05, 4.69) is 0 Å². The van der Waals surface area contributed by atoms with E-state index in [1.165, 1.54) is 0 Å². The molecule has 0 aromatic heterocycles. The van der Waals surface area contributed by atoms with Gasteiger partial charge in [0.1, 0.15) is 0 Å². The second-order valence-electron chi connectivity index (χ2n) is 3.54. The largest absolute Gasteiger partial charge is 0.370 e. The van der Waals surface area contributed by atoms with Crippen molar-refractivity contribution in [1.82, 2.24) is 0 Å². The summed E-state index contributed by atoms with van der Waals surface area (Å²) in [5.41, 5.74) is 10.8. The van der Waals surface area contributed by atoms with Gasteiger partial charge in [0.05, 0.1) is 0 Å². The van der Waals surface area contributed by atoms with Crippen molar-refractivity contribution < 1.29 is 9.59 Å². The summed E-state index contributed by atoms with van der Waals surface area (Å²) in [5.74, 6) is -0.580. The Balaban J connectivity index is 4.05. The van der Waals surface area contributed by atoms with E-state index < -0.39 is 0 Å². The number of carbonyl (C=O) groups excluding carboxylic acids is 2. The lowest BCUT2D eigenvalue weighted by Gasteiger charge is -2.06. The molecule has 0 rings (SSSR count). The Morgan fingerprint density at radius 3 is 2.21 bits per heavy atom. The lowest BCUT2D eigenvalue weighted by molar-refractivity contribution is -0.118. The van der Waals surface area contributed by atoms with Crippen molar-refractivity contribution in [2.24, 2.45) is 17.4 Å². The smallest absolute Gasteiger partial charge is 0.244 e. The number of hydrogen-bond acceptors (Lipinski definition) is 2. The summed E-state index contributed by atoms with van der Waals surface area (Å²) in [4.78, 5) is 21.4. The monoisotopic (exact) mass is 198 g/mol. The number of nitrogens with two attached hydrogens (primary N) is 2. The summed E-state index contributed by atoms with van der Waals surface area (Å²) in [7, 11) is 0. The molecule has 0 aromatic carbocycles. The van der Waals surface area contributed by atoms with Crippen molar-refractivity contribution in [2.75, 3.05) is 0 Å². The molecule has 0 bridgehead atoms. The van der Waals surface area contributed by atoms with Gasteiger partial charge in [0, 0.05) is 12.0 Å². The van der Waals surface area contributed by atoms with Crippen LogP contribution in [-0.4, -0.2) is 11.8 Å². The fourth-order valence-corrected chi connectivity index (χ4v) is 1.15. The molecular formula is C10H18N2O2. The van der Waals surface area contributed by atoms with Crippen LogP contribution in [0.25, 0.3) is 0 Å². The molecule has 4 N–H and O–H groups in total. The minimum Gasteiger partial charge on any atom is -0.370 e. The fraction of sp³-hybridized carbons (Fsp3) is 0.600. The SMILES string of the molecule is CC(C)C(=CCCCC(N)=O)C(N)=O. The van der Waals surface area contributed by atoms with E-state index in [0.717, 1.165) is 0 Å². The molecule has 0 spiro atoms. The van der Waals surface area contributed by atoms with E-state index in [9.17, 15) is 9.59 Å². The maximum atomic E-state index is 10.9. The van der Waals surface area contributed by atoms with Crippen LogP contribution in [0, 0.1) is 5.92 Å². The van der Waals surface area contributed by atoms with Crippen LogP contribution in [0.2, 0.25) is 0 Å². The Bertz CT molecular complexity index is 245. The van der Waals surface area contributed by atoms with Gasteiger partial charge >= 0.3 is 0 Å². The molecule has 0 saturated carbocycles. The highest BCUT2D eigenvalue weighted by Crippen LogP contribution is 2.10. The summed E-state index contributed by atoms with van der Waals surface area (Å²) in [6.45, 7) is 3.81. The number of allylic oxidation sites excluding steroid dienone is 1. The highest BCUT2D eigenvalue weighted by atomic mass is 16.1. The first-order chi connectivity index (χ1) is 6.45. The topological polar surface area (TPSA) is 86.2 Å². The van der Waals surface area contributed by atoms with Crippen LogP contribution in [-0.2, 0) is 9.59 Å². The lowest BCUT2D eigenvalue weighted by atomic mass is 10.0. The third-order valence-electron chi connectivity index (χ3n) is 1.90. The van der Waals surface area contributed by atoms with Crippen LogP contribution in [0.1, 0.15) is 33.1 Å². The van der Waals surface area contributed by atoms with E-state index >= 15 is 0 Å². The predicted molar refractivity (Wildman–Crippen MR) is 55.2 cm³/mol. The Morgan fingerprint density at radius 1 is 1.29 bits per heavy atom. The van der Waals surface area contributed by atoms with Gasteiger partial charge in [0.25, 0.3) is 0 Å². The maximum Gasteiger partial charge on any atom is 0.244 e. The zero-order valence-electron chi connectivity index (χ0n) is 8.75. The second-order valence-corrected chi connectivity index (χ2v) is 3.54. The summed E-state index contributed by atoms with van der Waals surface area (Å²) in [5, 5.41) is 0. The number of hydrogen-bond donors (Lipinski definition) is 2. The number of rotatable bonds is 6. The summed E-state index contributed by atoms with van der Waals surface area (Å²) >= 11 is 0. The van der Waals surface area contributed by atoms with Crippen LogP contribution in [0.4, 0.5) is 0 Å². The predicted octanol–water partition coefficient (Wildman–Crippen LogP) is 0.710. The zero-order chi connectivity index (χ0) is 11.1. The number of carbonyl (C=O) groups is 2. The van der Waals surface area contributed by atoms with Crippen molar-refractivity contribution in [3.8, 4) is 0 Å². The van der Waals surface area contributed by atoms with Crippen molar-refractivity contribution in [3.05, 3.63) is 11.6 Å². The molecule has 2 amide bonds. The quantitative estimate of drug-likeness (QED) is 0.486. The molecule has 0 radical (unpaired) electrons. The number of primary amides is 2. The molecule has 4 nitrogen and oxygen atoms in total. The minimum atomic E-state index is -0.390. The van der Waals surface area contributed by atoms with Gasteiger partial charge in [-0.1, -0.05) is 19.9 Å². The molecular weight excluding hydrogens is 180 g/mol. The van der Waals surface area contributed by atoms with Crippen molar-refractivity contribution >= 4 is 11.8 Å². The molecule has 0 atom stereocenters. The molecule has 0 unspecified atom stereocenters. The van der Waals surface area contributed by atoms with Crippen molar-refractivity contribution in [3.63, 3.8) is 0 Å². The molecule has 14 heavy (non-hydrogen) atoms. The third-order valence-corrected chi connectivity index (χ3v) is 1.90. The van der Waals surface area contributed by atoms with Crippen LogP contribution >= 0.6 is 0 Å². The molecule has 80 valence electrons. The number of unbranched alkanes of at least 4 members (excludes halogenated alkanes) is 1. The fourth-order valence-electron chi connectivity index (χ4n) is 1.15. The molecule has 0 heterocycles. The molecule has 0 fully saturated rings. The lowest BCUT2D eigenvalue weighted by Crippen LogP contribution is -2.17. The van der Waals surface area contributed by atoms with Gasteiger partial charge in [-0.15, -0.1) is 0 Å². The van der Waals surface area contributed by atoms with E-state index in [-0.39, 0.29) is 17.7 Å². The average Bonchev–Trinajstić information content (AvgIpc) is 2.01. The first-order valence-corrected chi connectivity index (χ1v) is 4.73. The van der Waals surface area contributed by atoms with E-state index in [1.54, 1.807) is 6.08 Å².